The van der Waals surface area contributed by atoms with E-state index in [4.69, 9.17) is 51.1 Å². The number of rotatable bonds is 0. The predicted molar refractivity (Wildman–Crippen MR) is 184 cm³/mol. The van der Waals surface area contributed by atoms with Crippen molar-refractivity contribution in [2.45, 2.75) is 200 Å². The summed E-state index contributed by atoms with van der Waals surface area (Å²) in [5.41, 5.74) is 0. The van der Waals surface area contributed by atoms with Gasteiger partial charge in [0.25, 0.3) is 0 Å². The molecule has 0 aliphatic rings. The van der Waals surface area contributed by atoms with Gasteiger partial charge in [-0.1, -0.05) is 0 Å². The van der Waals surface area contributed by atoms with Gasteiger partial charge in [0.15, 0.2) is 0 Å². The van der Waals surface area contributed by atoms with Gasteiger partial charge in [-0.15, -0.1) is 0 Å². The molecule has 0 bridgehead atoms. The number of aliphatic hydroxyl groups is 10. The largest absolute Gasteiger partial charge is 0.412 e. The molecule has 0 aromatic heterocycles. The topological polar surface area (TPSA) is 297 Å². The van der Waals surface area contributed by atoms with Gasteiger partial charge in [-0.2, -0.15) is 0 Å². The first-order valence-corrected chi connectivity index (χ1v) is 14.1. The van der Waals surface area contributed by atoms with Crippen molar-refractivity contribution < 1.29 is 154 Å². The molecule has 0 aliphatic carbocycles. The van der Waals surface area contributed by atoms with Crippen LogP contribution in [0.15, 0.2) is 0 Å². The Bertz CT molecular complexity index is 205. The van der Waals surface area contributed by atoms with Crippen molar-refractivity contribution in [2.24, 2.45) is 0 Å². The molecule has 0 aliphatic heterocycles. The van der Waals surface area contributed by atoms with Gasteiger partial charge < -0.3 is 67.5 Å². The van der Waals surface area contributed by atoms with Crippen LogP contribution in [-0.4, -0.2) is 129 Å². The van der Waals surface area contributed by atoms with E-state index in [0.717, 1.165) is 0 Å². The molecule has 0 atom stereocenters. The summed E-state index contributed by atoms with van der Waals surface area (Å²) in [6, 6.07) is 0. The fourth-order valence-electron chi connectivity index (χ4n) is 0. The normalized spacial score (nSPS) is 7.66. The SMILES string of the molecule is CC(C)O.CC(C)O.CC(C)O.CC(C)O.CC(C)O.CC(C)O.CC(C)O.CC(C)O.CC(C)O.CC(C)O.O.O.O.[Ti].[Ti].[Ti].[Ti]. The molecule has 13 nitrogen and oxygen atoms in total. The third-order valence-corrected chi connectivity index (χ3v) is 0. The summed E-state index contributed by atoms with van der Waals surface area (Å²) in [4.78, 5) is 0. The summed E-state index contributed by atoms with van der Waals surface area (Å²) in [6.45, 7) is 34.4. The maximum Gasteiger partial charge on any atom is 0.0483 e. The van der Waals surface area contributed by atoms with E-state index in [9.17, 15) is 0 Å². The van der Waals surface area contributed by atoms with Gasteiger partial charge in [-0.25, -0.2) is 0 Å². The Morgan fingerprint density at radius 3 is 0.170 bits per heavy atom. The maximum atomic E-state index is 8.06. The summed E-state index contributed by atoms with van der Waals surface area (Å²) in [5, 5.41) is 80.6. The summed E-state index contributed by atoms with van der Waals surface area (Å²) < 4.78 is 0. The first-order chi connectivity index (χ1) is 17.3. The Morgan fingerprint density at radius 1 is 0.170 bits per heavy atom. The second kappa shape index (κ2) is 104. The van der Waals surface area contributed by atoms with E-state index in [0.29, 0.717) is 0 Å². The summed E-state index contributed by atoms with van der Waals surface area (Å²) in [5.74, 6) is 0. The van der Waals surface area contributed by atoms with Crippen LogP contribution in [0.4, 0.5) is 0 Å². The molecule has 0 heterocycles. The minimum Gasteiger partial charge on any atom is -0.412 e. The van der Waals surface area contributed by atoms with Gasteiger partial charge in [0.2, 0.25) is 0 Å². The number of aliphatic hydroxyl groups excluding tert-OH is 10. The summed E-state index contributed by atoms with van der Waals surface area (Å²) in [7, 11) is 0. The molecule has 16 N–H and O–H groups in total. The smallest absolute Gasteiger partial charge is 0.0483 e. The molecule has 0 rings (SSSR count). The number of hydrogen-bond donors (Lipinski definition) is 10. The van der Waals surface area contributed by atoms with Crippen LogP contribution >= 0.6 is 0 Å². The monoisotopic (exact) mass is 846 g/mol. The second-order valence-electron chi connectivity index (χ2n) is 10.9. The van der Waals surface area contributed by atoms with E-state index in [1.807, 2.05) is 0 Å². The quantitative estimate of drug-likeness (QED) is 0.156. The third-order valence-electron chi connectivity index (χ3n) is 0. The molecule has 0 amide bonds. The Kier molecular flexibility index (Phi) is 243. The minimum atomic E-state index is -0.167. The van der Waals surface area contributed by atoms with E-state index < -0.39 is 0 Å². The fraction of sp³-hybridized carbons (Fsp3) is 1.00. The van der Waals surface area contributed by atoms with Crippen molar-refractivity contribution in [1.29, 1.82) is 0 Å². The molecule has 0 saturated carbocycles. The second-order valence-corrected chi connectivity index (χ2v) is 10.9. The van der Waals surface area contributed by atoms with Gasteiger partial charge >= 0.3 is 0 Å². The standard InChI is InChI=1S/10C3H8O.3H2O.4Ti/c10*1-3(2)4;;;;;;;/h10*3-4H,1-2H3;3*1H2;;;;. The third kappa shape index (κ3) is 19000. The fourth-order valence-corrected chi connectivity index (χ4v) is 0. The van der Waals surface area contributed by atoms with Crippen molar-refractivity contribution in [3.05, 3.63) is 0 Å². The number of hydrogen-bond acceptors (Lipinski definition) is 10. The van der Waals surface area contributed by atoms with Gasteiger partial charge in [-0.05, 0) is 138 Å². The minimum absolute atomic E-state index is 0. The molecular weight excluding hydrogens is 760 g/mol. The molecule has 0 saturated heterocycles. The van der Waals surface area contributed by atoms with Crippen LogP contribution < -0.4 is 0 Å². The van der Waals surface area contributed by atoms with E-state index in [1.54, 1.807) is 138 Å². The molecule has 0 aromatic rings. The molecule has 47 heavy (non-hydrogen) atoms. The molecule has 0 spiro atoms. The summed E-state index contributed by atoms with van der Waals surface area (Å²) in [6.07, 6.45) is -1.67. The van der Waals surface area contributed by atoms with Crippen molar-refractivity contribution >= 4 is 0 Å². The average Bonchev–Trinajstić information content (AvgIpc) is 2.47. The van der Waals surface area contributed by atoms with Crippen LogP contribution in [-0.2, 0) is 86.9 Å². The predicted octanol–water partition coefficient (Wildman–Crippen LogP) is 1.39. The van der Waals surface area contributed by atoms with Crippen LogP contribution in [0.3, 0.4) is 0 Å². The summed E-state index contributed by atoms with van der Waals surface area (Å²) >= 11 is 0. The van der Waals surface area contributed by atoms with Crippen molar-refractivity contribution in [3.8, 4) is 0 Å². The van der Waals surface area contributed by atoms with Gasteiger partial charge in [0.05, 0.1) is 0 Å². The van der Waals surface area contributed by atoms with Crippen LogP contribution in [0.2, 0.25) is 0 Å². The van der Waals surface area contributed by atoms with Crippen LogP contribution in [0.25, 0.3) is 0 Å². The molecule has 0 fully saturated rings. The van der Waals surface area contributed by atoms with E-state index in [-0.39, 0.29) is 164 Å². The molecular formula is C30H86O13Ti4. The molecule has 0 radical (unpaired) electrons. The zero-order valence-electron chi connectivity index (χ0n) is 33.7. The Hall–Kier alpha value is 2.34. The zero-order chi connectivity index (χ0) is 35.8. The van der Waals surface area contributed by atoms with E-state index in [1.165, 1.54) is 0 Å². The molecule has 17 heteroatoms. The maximum absolute atomic E-state index is 8.06. The van der Waals surface area contributed by atoms with Crippen LogP contribution in [0.5, 0.6) is 0 Å². The van der Waals surface area contributed by atoms with Crippen LogP contribution in [0, 0.1) is 0 Å². The Morgan fingerprint density at radius 2 is 0.170 bits per heavy atom. The molecule has 300 valence electrons. The van der Waals surface area contributed by atoms with E-state index >= 15 is 0 Å². The van der Waals surface area contributed by atoms with Crippen molar-refractivity contribution in [3.63, 3.8) is 0 Å². The van der Waals surface area contributed by atoms with Gasteiger partial charge in [0, 0.05) is 148 Å². The molecule has 0 unspecified atom stereocenters. The first-order valence-electron chi connectivity index (χ1n) is 14.1. The zero-order valence-corrected chi connectivity index (χ0v) is 40.0. The van der Waals surface area contributed by atoms with Gasteiger partial charge in [0.1, 0.15) is 0 Å². The first kappa shape index (κ1) is 110. The molecule has 0 aromatic carbocycles. The Labute approximate surface area is 351 Å². The average molecular weight is 846 g/mol. The van der Waals surface area contributed by atoms with Crippen LogP contribution in [0.1, 0.15) is 138 Å². The van der Waals surface area contributed by atoms with Gasteiger partial charge in [-0.3, -0.25) is 0 Å². The Balaban J connectivity index is -0.0000000140. The van der Waals surface area contributed by atoms with E-state index in [2.05, 4.69) is 0 Å². The van der Waals surface area contributed by atoms with Crippen molar-refractivity contribution in [1.82, 2.24) is 0 Å². The van der Waals surface area contributed by atoms with Crippen molar-refractivity contribution in [2.75, 3.05) is 0 Å².